The number of sulfonamides is 1. The highest BCUT2D eigenvalue weighted by atomic mass is 35.5. The van der Waals surface area contributed by atoms with Crippen molar-refractivity contribution in [3.05, 3.63) is 36.4 Å². The molecule has 1 aliphatic heterocycles. The van der Waals surface area contributed by atoms with E-state index < -0.39 is 10.0 Å². The average molecular weight is 416 g/mol. The Morgan fingerprint density at radius 2 is 1.93 bits per heavy atom. The summed E-state index contributed by atoms with van der Waals surface area (Å²) in [6.07, 6.45) is 3.93. The minimum Gasteiger partial charge on any atom is -0.449 e. The molecule has 3 rings (SSSR count). The third kappa shape index (κ3) is 5.30. The molecule has 0 bridgehead atoms. The minimum absolute atomic E-state index is 0. The van der Waals surface area contributed by atoms with Crippen LogP contribution in [-0.4, -0.2) is 50.1 Å². The predicted octanol–water partition coefficient (Wildman–Crippen LogP) is 2.59. The molecule has 0 atom stereocenters. The molecule has 0 spiro atoms. The zero-order valence-corrected chi connectivity index (χ0v) is 17.0. The molecule has 0 amide bonds. The van der Waals surface area contributed by atoms with Crippen LogP contribution >= 0.6 is 12.4 Å². The number of rotatable bonds is 7. The SMILES string of the molecule is Cc1nc(-c2ccc(S(=O)(=O)N3CCC(OCCCN)CC3)cc2)co1.Cl. The molecular formula is C18H26ClN3O4S. The van der Waals surface area contributed by atoms with Crippen molar-refractivity contribution < 1.29 is 17.6 Å². The second kappa shape index (κ2) is 9.66. The van der Waals surface area contributed by atoms with E-state index in [4.69, 9.17) is 14.9 Å². The lowest BCUT2D eigenvalue weighted by Crippen LogP contribution is -2.40. The van der Waals surface area contributed by atoms with Crippen molar-refractivity contribution in [1.29, 1.82) is 0 Å². The van der Waals surface area contributed by atoms with Crippen molar-refractivity contribution in [1.82, 2.24) is 9.29 Å². The van der Waals surface area contributed by atoms with Gasteiger partial charge in [-0.15, -0.1) is 12.4 Å². The van der Waals surface area contributed by atoms with Crippen LogP contribution in [0, 0.1) is 6.92 Å². The number of hydrogen-bond donors (Lipinski definition) is 1. The summed E-state index contributed by atoms with van der Waals surface area (Å²) < 4.78 is 38.2. The molecule has 1 aromatic carbocycles. The normalized spacial score (nSPS) is 16.2. The van der Waals surface area contributed by atoms with Crippen molar-refractivity contribution in [2.24, 2.45) is 5.73 Å². The van der Waals surface area contributed by atoms with Crippen molar-refractivity contribution in [2.45, 2.75) is 37.2 Å². The van der Waals surface area contributed by atoms with Gasteiger partial charge < -0.3 is 14.9 Å². The topological polar surface area (TPSA) is 98.7 Å². The minimum atomic E-state index is -3.49. The van der Waals surface area contributed by atoms with Crippen LogP contribution < -0.4 is 5.73 Å². The number of hydrogen-bond acceptors (Lipinski definition) is 6. The number of ether oxygens (including phenoxy) is 1. The lowest BCUT2D eigenvalue weighted by atomic mass is 10.1. The third-order valence-corrected chi connectivity index (χ3v) is 6.42. The molecule has 1 saturated heterocycles. The summed E-state index contributed by atoms with van der Waals surface area (Å²) >= 11 is 0. The Bertz CT molecular complexity index is 815. The molecule has 0 saturated carbocycles. The molecule has 0 unspecified atom stereocenters. The number of nitrogens with two attached hydrogens (primary N) is 1. The number of aromatic nitrogens is 1. The van der Waals surface area contributed by atoms with Crippen LogP contribution in [0.5, 0.6) is 0 Å². The molecule has 2 aromatic rings. The van der Waals surface area contributed by atoms with Crippen LogP contribution in [-0.2, 0) is 14.8 Å². The zero-order valence-electron chi connectivity index (χ0n) is 15.3. The summed E-state index contributed by atoms with van der Waals surface area (Å²) in [5.74, 6) is 0.577. The molecule has 7 nitrogen and oxygen atoms in total. The number of nitrogens with zero attached hydrogens (tertiary/aromatic N) is 2. The Hall–Kier alpha value is -1.45. The quantitative estimate of drug-likeness (QED) is 0.698. The van der Waals surface area contributed by atoms with E-state index in [2.05, 4.69) is 4.98 Å². The molecule has 2 heterocycles. The zero-order chi connectivity index (χ0) is 18.6. The first-order valence-electron chi connectivity index (χ1n) is 8.85. The van der Waals surface area contributed by atoms with E-state index in [1.807, 2.05) is 0 Å². The van der Waals surface area contributed by atoms with Gasteiger partial charge in [-0.05, 0) is 37.9 Å². The van der Waals surface area contributed by atoms with Gasteiger partial charge in [0, 0.05) is 32.2 Å². The van der Waals surface area contributed by atoms with E-state index in [9.17, 15) is 8.42 Å². The Kier molecular flexibility index (Phi) is 7.81. The third-order valence-electron chi connectivity index (χ3n) is 4.51. The Morgan fingerprint density at radius 3 is 2.48 bits per heavy atom. The number of piperidine rings is 1. The highest BCUT2D eigenvalue weighted by molar-refractivity contribution is 7.89. The van der Waals surface area contributed by atoms with Gasteiger partial charge in [0.2, 0.25) is 10.0 Å². The Balaban J connectivity index is 0.00000261. The molecule has 0 aliphatic carbocycles. The van der Waals surface area contributed by atoms with E-state index in [0.29, 0.717) is 55.6 Å². The van der Waals surface area contributed by atoms with Crippen molar-refractivity contribution in [3.63, 3.8) is 0 Å². The van der Waals surface area contributed by atoms with Crippen LogP contribution in [0.3, 0.4) is 0 Å². The fraction of sp³-hybridized carbons (Fsp3) is 0.500. The maximum atomic E-state index is 12.8. The van der Waals surface area contributed by atoms with Crippen molar-refractivity contribution in [2.75, 3.05) is 26.2 Å². The molecule has 27 heavy (non-hydrogen) atoms. The standard InChI is InChI=1S/C18H25N3O4S.ClH/c1-14-20-18(13-25-14)15-3-5-17(6-4-15)26(22,23)21-10-7-16(8-11-21)24-12-2-9-19;/h3-6,13,16H,2,7-12,19H2,1H3;1H. The lowest BCUT2D eigenvalue weighted by molar-refractivity contribution is 0.0209. The highest BCUT2D eigenvalue weighted by Gasteiger charge is 2.29. The van der Waals surface area contributed by atoms with Gasteiger partial charge in [-0.2, -0.15) is 4.31 Å². The molecule has 0 radical (unpaired) electrons. The predicted molar refractivity (Wildman–Crippen MR) is 105 cm³/mol. The monoisotopic (exact) mass is 415 g/mol. The first-order chi connectivity index (χ1) is 12.5. The summed E-state index contributed by atoms with van der Waals surface area (Å²) in [6.45, 7) is 3.96. The number of halogens is 1. The molecule has 1 aromatic heterocycles. The summed E-state index contributed by atoms with van der Waals surface area (Å²) in [5.41, 5.74) is 6.98. The van der Waals surface area contributed by atoms with Crippen LogP contribution in [0.2, 0.25) is 0 Å². The summed E-state index contributed by atoms with van der Waals surface area (Å²) in [7, 11) is -3.49. The van der Waals surface area contributed by atoms with Gasteiger partial charge in [0.25, 0.3) is 0 Å². The Labute approximate surface area is 166 Å². The van der Waals surface area contributed by atoms with E-state index in [1.165, 1.54) is 4.31 Å². The lowest BCUT2D eigenvalue weighted by Gasteiger charge is -2.31. The number of aryl methyl sites for hydroxylation is 1. The molecule has 150 valence electrons. The smallest absolute Gasteiger partial charge is 0.243 e. The maximum absolute atomic E-state index is 12.8. The van der Waals surface area contributed by atoms with Gasteiger partial charge >= 0.3 is 0 Å². The van der Waals surface area contributed by atoms with E-state index in [1.54, 1.807) is 37.5 Å². The van der Waals surface area contributed by atoms with Crippen LogP contribution in [0.25, 0.3) is 11.3 Å². The largest absolute Gasteiger partial charge is 0.449 e. The van der Waals surface area contributed by atoms with Gasteiger partial charge in [0.05, 0.1) is 11.0 Å². The van der Waals surface area contributed by atoms with E-state index in [0.717, 1.165) is 12.0 Å². The summed E-state index contributed by atoms with van der Waals surface area (Å²) in [6, 6.07) is 6.76. The summed E-state index contributed by atoms with van der Waals surface area (Å²) in [5, 5.41) is 0. The first-order valence-corrected chi connectivity index (χ1v) is 10.3. The van der Waals surface area contributed by atoms with Crippen LogP contribution in [0.4, 0.5) is 0 Å². The number of oxazole rings is 1. The molecule has 1 aliphatic rings. The van der Waals surface area contributed by atoms with Crippen LogP contribution in [0.15, 0.2) is 39.8 Å². The molecule has 2 N–H and O–H groups in total. The maximum Gasteiger partial charge on any atom is 0.243 e. The Morgan fingerprint density at radius 1 is 1.26 bits per heavy atom. The second-order valence-electron chi connectivity index (χ2n) is 6.39. The van der Waals surface area contributed by atoms with Gasteiger partial charge in [0.1, 0.15) is 12.0 Å². The summed E-state index contributed by atoms with van der Waals surface area (Å²) in [4.78, 5) is 4.55. The van der Waals surface area contributed by atoms with Gasteiger partial charge in [-0.25, -0.2) is 13.4 Å². The second-order valence-corrected chi connectivity index (χ2v) is 8.33. The molecule has 9 heteroatoms. The van der Waals surface area contributed by atoms with Crippen LogP contribution in [0.1, 0.15) is 25.2 Å². The number of benzene rings is 1. The van der Waals surface area contributed by atoms with E-state index >= 15 is 0 Å². The first kappa shape index (κ1) is 21.8. The van der Waals surface area contributed by atoms with Crippen molar-refractivity contribution >= 4 is 22.4 Å². The fourth-order valence-corrected chi connectivity index (χ4v) is 4.48. The molecule has 1 fully saturated rings. The van der Waals surface area contributed by atoms with Gasteiger partial charge in [-0.3, -0.25) is 0 Å². The van der Waals surface area contributed by atoms with Crippen molar-refractivity contribution in [3.8, 4) is 11.3 Å². The van der Waals surface area contributed by atoms with Gasteiger partial charge in [-0.1, -0.05) is 12.1 Å². The fourth-order valence-electron chi connectivity index (χ4n) is 3.02. The average Bonchev–Trinajstić information content (AvgIpc) is 3.09. The van der Waals surface area contributed by atoms with Gasteiger partial charge in [0.15, 0.2) is 5.89 Å². The molecular weight excluding hydrogens is 390 g/mol. The van der Waals surface area contributed by atoms with E-state index in [-0.39, 0.29) is 18.5 Å². The highest BCUT2D eigenvalue weighted by Crippen LogP contribution is 2.25.